The van der Waals surface area contributed by atoms with Crippen LogP contribution in [0.5, 0.6) is 0 Å². The van der Waals surface area contributed by atoms with Crippen LogP contribution in [0, 0.1) is 17.0 Å². The standard InChI is InChI=1S/C10H9BrN4O5S/c1-6-13-10(14-20-6)5-12-21(18,19)9-4-7(11)2-3-8(9)15(16)17/h2-4,12H,5H2,1H3. The number of aryl methyl sites for hydroxylation is 1. The SMILES string of the molecule is Cc1nc(CNS(=O)(=O)c2cc(Br)ccc2[N+](=O)[O-])no1. The summed E-state index contributed by atoms with van der Waals surface area (Å²) in [4.78, 5) is 13.5. The average molecular weight is 377 g/mol. The Morgan fingerprint density at radius 1 is 1.48 bits per heavy atom. The van der Waals surface area contributed by atoms with Crippen molar-refractivity contribution in [1.82, 2.24) is 14.9 Å². The molecule has 0 fully saturated rings. The number of sulfonamides is 1. The number of aromatic nitrogens is 2. The van der Waals surface area contributed by atoms with Crippen LogP contribution in [0.15, 0.2) is 32.1 Å². The van der Waals surface area contributed by atoms with Gasteiger partial charge in [-0.3, -0.25) is 10.1 Å². The van der Waals surface area contributed by atoms with Gasteiger partial charge < -0.3 is 4.52 Å². The van der Waals surface area contributed by atoms with Gasteiger partial charge >= 0.3 is 0 Å². The summed E-state index contributed by atoms with van der Waals surface area (Å²) in [5.41, 5.74) is -0.519. The van der Waals surface area contributed by atoms with E-state index in [4.69, 9.17) is 4.52 Å². The Labute approximate surface area is 127 Å². The van der Waals surface area contributed by atoms with Gasteiger partial charge in [-0.25, -0.2) is 13.1 Å². The quantitative estimate of drug-likeness (QED) is 0.618. The van der Waals surface area contributed by atoms with Crippen molar-refractivity contribution in [1.29, 1.82) is 0 Å². The first-order valence-corrected chi connectivity index (χ1v) is 7.80. The van der Waals surface area contributed by atoms with Crippen molar-refractivity contribution < 1.29 is 17.9 Å². The van der Waals surface area contributed by atoms with E-state index < -0.39 is 25.5 Å². The van der Waals surface area contributed by atoms with E-state index in [0.29, 0.717) is 4.47 Å². The highest BCUT2D eigenvalue weighted by Crippen LogP contribution is 2.27. The van der Waals surface area contributed by atoms with Crippen LogP contribution in [0.2, 0.25) is 0 Å². The minimum atomic E-state index is -4.09. The van der Waals surface area contributed by atoms with Crippen LogP contribution in [0.4, 0.5) is 5.69 Å². The van der Waals surface area contributed by atoms with Gasteiger partial charge in [-0.05, 0) is 12.1 Å². The summed E-state index contributed by atoms with van der Waals surface area (Å²) < 4.78 is 31.6. The molecule has 1 N–H and O–H groups in total. The molecule has 2 rings (SSSR count). The summed E-state index contributed by atoms with van der Waals surface area (Å²) >= 11 is 3.08. The first-order chi connectivity index (χ1) is 9.79. The second-order valence-electron chi connectivity index (χ2n) is 3.92. The second-order valence-corrected chi connectivity index (χ2v) is 6.57. The van der Waals surface area contributed by atoms with Gasteiger partial charge in [0.1, 0.15) is 0 Å². The minimum Gasteiger partial charge on any atom is -0.340 e. The van der Waals surface area contributed by atoms with Crippen LogP contribution >= 0.6 is 15.9 Å². The average Bonchev–Trinajstić information content (AvgIpc) is 2.82. The molecule has 0 saturated carbocycles. The minimum absolute atomic E-state index is 0.133. The number of nitro groups is 1. The van der Waals surface area contributed by atoms with Crippen molar-refractivity contribution in [3.63, 3.8) is 0 Å². The predicted molar refractivity (Wildman–Crippen MR) is 73.9 cm³/mol. The van der Waals surface area contributed by atoms with Gasteiger partial charge in [0.2, 0.25) is 15.9 Å². The molecule has 0 spiro atoms. The molecule has 2 aromatic rings. The Kier molecular flexibility index (Phi) is 4.34. The van der Waals surface area contributed by atoms with Crippen molar-refractivity contribution >= 4 is 31.6 Å². The van der Waals surface area contributed by atoms with E-state index in [9.17, 15) is 18.5 Å². The largest absolute Gasteiger partial charge is 0.340 e. The summed E-state index contributed by atoms with van der Waals surface area (Å²) in [7, 11) is -4.09. The fourth-order valence-corrected chi connectivity index (χ4v) is 3.19. The molecule has 0 amide bonds. The van der Waals surface area contributed by atoms with Crippen LogP contribution in [0.1, 0.15) is 11.7 Å². The Morgan fingerprint density at radius 2 is 2.19 bits per heavy atom. The molecule has 0 aliphatic heterocycles. The number of halogens is 1. The number of hydrogen-bond acceptors (Lipinski definition) is 7. The number of hydrogen-bond donors (Lipinski definition) is 1. The zero-order valence-corrected chi connectivity index (χ0v) is 13.0. The maximum atomic E-state index is 12.2. The van der Waals surface area contributed by atoms with E-state index in [1.807, 2.05) is 0 Å². The summed E-state index contributed by atoms with van der Waals surface area (Å²) in [6.45, 7) is 1.33. The number of nitrogens with one attached hydrogen (secondary N) is 1. The molecular formula is C10H9BrN4O5S. The highest BCUT2D eigenvalue weighted by atomic mass is 79.9. The highest BCUT2D eigenvalue weighted by Gasteiger charge is 2.26. The van der Waals surface area contributed by atoms with Gasteiger partial charge in [-0.1, -0.05) is 21.1 Å². The maximum Gasteiger partial charge on any atom is 0.289 e. The third kappa shape index (κ3) is 3.62. The molecule has 1 aromatic heterocycles. The lowest BCUT2D eigenvalue weighted by Crippen LogP contribution is -2.24. The van der Waals surface area contributed by atoms with E-state index in [1.54, 1.807) is 6.92 Å². The first-order valence-electron chi connectivity index (χ1n) is 5.52. The molecule has 0 atom stereocenters. The van der Waals surface area contributed by atoms with E-state index in [0.717, 1.165) is 12.1 Å². The van der Waals surface area contributed by atoms with E-state index in [-0.39, 0.29) is 18.3 Å². The molecule has 0 bridgehead atoms. The molecule has 0 radical (unpaired) electrons. The number of nitrogens with zero attached hydrogens (tertiary/aromatic N) is 3. The summed E-state index contributed by atoms with van der Waals surface area (Å²) in [5, 5.41) is 14.4. The predicted octanol–water partition coefficient (Wildman–Crippen LogP) is 1.53. The van der Waals surface area contributed by atoms with Crippen molar-refractivity contribution in [3.8, 4) is 0 Å². The van der Waals surface area contributed by atoms with Crippen molar-refractivity contribution in [2.24, 2.45) is 0 Å². The second kappa shape index (κ2) is 5.87. The Hall–Kier alpha value is -1.85. The maximum absolute atomic E-state index is 12.2. The van der Waals surface area contributed by atoms with Crippen molar-refractivity contribution in [2.75, 3.05) is 0 Å². The van der Waals surface area contributed by atoms with E-state index in [1.165, 1.54) is 6.07 Å². The van der Waals surface area contributed by atoms with Gasteiger partial charge in [0, 0.05) is 17.5 Å². The molecular weight excluding hydrogens is 368 g/mol. The molecule has 21 heavy (non-hydrogen) atoms. The van der Waals surface area contributed by atoms with Crippen LogP contribution in [-0.2, 0) is 16.6 Å². The number of nitro benzene ring substituents is 1. The topological polar surface area (TPSA) is 128 Å². The Bertz CT molecular complexity index is 788. The van der Waals surface area contributed by atoms with Crippen LogP contribution in [0.3, 0.4) is 0 Å². The molecule has 0 saturated heterocycles. The van der Waals surface area contributed by atoms with Gasteiger partial charge in [-0.15, -0.1) is 0 Å². The lowest BCUT2D eigenvalue weighted by molar-refractivity contribution is -0.387. The highest BCUT2D eigenvalue weighted by molar-refractivity contribution is 9.10. The van der Waals surface area contributed by atoms with Gasteiger partial charge in [0.05, 0.1) is 11.5 Å². The monoisotopic (exact) mass is 376 g/mol. The molecule has 1 heterocycles. The summed E-state index contributed by atoms with van der Waals surface area (Å²) in [6, 6.07) is 3.65. The van der Waals surface area contributed by atoms with Crippen LogP contribution in [-0.4, -0.2) is 23.5 Å². The molecule has 112 valence electrons. The molecule has 1 aromatic carbocycles. The third-order valence-electron chi connectivity index (χ3n) is 2.40. The van der Waals surface area contributed by atoms with Crippen LogP contribution < -0.4 is 4.72 Å². The Morgan fingerprint density at radius 3 is 2.76 bits per heavy atom. The first kappa shape index (κ1) is 15.5. The lowest BCUT2D eigenvalue weighted by atomic mass is 10.3. The van der Waals surface area contributed by atoms with Gasteiger partial charge in [-0.2, -0.15) is 4.98 Å². The van der Waals surface area contributed by atoms with Crippen molar-refractivity contribution in [3.05, 3.63) is 44.5 Å². The van der Waals surface area contributed by atoms with Crippen LogP contribution in [0.25, 0.3) is 0 Å². The molecule has 11 heteroatoms. The molecule has 0 unspecified atom stereocenters. The lowest BCUT2D eigenvalue weighted by Gasteiger charge is -2.06. The molecule has 0 aliphatic carbocycles. The molecule has 0 aliphatic rings. The van der Waals surface area contributed by atoms with Gasteiger partial charge in [0.15, 0.2) is 10.7 Å². The number of rotatable bonds is 5. The zero-order chi connectivity index (χ0) is 15.6. The smallest absolute Gasteiger partial charge is 0.289 e. The fourth-order valence-electron chi connectivity index (χ4n) is 1.50. The normalized spacial score (nSPS) is 11.5. The fraction of sp³-hybridized carbons (Fsp3) is 0.200. The van der Waals surface area contributed by atoms with Gasteiger partial charge in [0.25, 0.3) is 5.69 Å². The Balaban J connectivity index is 2.31. The third-order valence-corrected chi connectivity index (χ3v) is 4.32. The number of benzene rings is 1. The summed E-state index contributed by atoms with van der Waals surface area (Å²) in [6.07, 6.45) is 0. The van der Waals surface area contributed by atoms with E-state index in [2.05, 4.69) is 30.8 Å². The molecule has 9 nitrogen and oxygen atoms in total. The van der Waals surface area contributed by atoms with E-state index >= 15 is 0 Å². The zero-order valence-electron chi connectivity index (χ0n) is 10.6. The summed E-state index contributed by atoms with van der Waals surface area (Å²) in [5.74, 6) is 0.423. The van der Waals surface area contributed by atoms with Crippen molar-refractivity contribution in [2.45, 2.75) is 18.4 Å².